The molecule has 0 atom stereocenters. The van der Waals surface area contributed by atoms with Crippen LogP contribution in [0.4, 0.5) is 0 Å². The maximum atomic E-state index is 13.0. The molecule has 0 unspecified atom stereocenters. The number of nitrogens with zero attached hydrogens (tertiary/aromatic N) is 2. The molecule has 7 heteroatoms. The van der Waals surface area contributed by atoms with Crippen LogP contribution in [0.25, 0.3) is 11.0 Å². The number of para-hydroxylation sites is 1. The zero-order chi connectivity index (χ0) is 20.5. The molecule has 2 aromatic heterocycles. The molecule has 1 aliphatic rings. The van der Waals surface area contributed by atoms with Gasteiger partial charge in [-0.25, -0.2) is 0 Å². The van der Waals surface area contributed by atoms with E-state index in [2.05, 4.69) is 25.8 Å². The number of ether oxygens (including phenoxy) is 2. The molecule has 0 amide bonds. The first kappa shape index (κ1) is 18.8. The third-order valence-electron chi connectivity index (χ3n) is 4.97. The first-order valence-corrected chi connectivity index (χ1v) is 10.2. The Morgan fingerprint density at radius 1 is 1.07 bits per heavy atom. The van der Waals surface area contributed by atoms with Crippen LogP contribution < -0.4 is 14.9 Å². The Kier molecular flexibility index (Phi) is 4.98. The number of pyridine rings is 1. The van der Waals surface area contributed by atoms with Crippen LogP contribution in [-0.4, -0.2) is 16.6 Å². The van der Waals surface area contributed by atoms with Crippen molar-refractivity contribution in [3.05, 3.63) is 93.0 Å². The molecular formula is C23H17BrN2O4. The normalized spacial score (nSPS) is 13.6. The topological polar surface area (TPSA) is 64.8 Å². The van der Waals surface area contributed by atoms with Crippen molar-refractivity contribution in [3.63, 3.8) is 0 Å². The molecule has 1 aliphatic heterocycles. The molecule has 3 heterocycles. The SMILES string of the molecule is O=c1c(Oc2ccccc2Br)coc2c3c(ccc12)OCN(Cc1ccncc1)C3. The van der Waals surface area contributed by atoms with Gasteiger partial charge in [0.25, 0.3) is 0 Å². The number of hydrogen-bond acceptors (Lipinski definition) is 6. The number of fused-ring (bicyclic) bond motifs is 3. The fourth-order valence-corrected chi connectivity index (χ4v) is 3.87. The molecule has 0 aliphatic carbocycles. The zero-order valence-electron chi connectivity index (χ0n) is 15.9. The van der Waals surface area contributed by atoms with Crippen molar-refractivity contribution in [1.29, 1.82) is 0 Å². The van der Waals surface area contributed by atoms with E-state index in [1.165, 1.54) is 6.26 Å². The summed E-state index contributed by atoms with van der Waals surface area (Å²) in [5, 5.41) is 0.465. The third-order valence-corrected chi connectivity index (χ3v) is 5.62. The minimum absolute atomic E-state index is 0.139. The van der Waals surface area contributed by atoms with E-state index >= 15 is 0 Å². The predicted molar refractivity (Wildman–Crippen MR) is 116 cm³/mol. The summed E-state index contributed by atoms with van der Waals surface area (Å²) in [6, 6.07) is 14.9. The molecular weight excluding hydrogens is 448 g/mol. The first-order valence-electron chi connectivity index (χ1n) is 9.43. The molecule has 6 nitrogen and oxygen atoms in total. The summed E-state index contributed by atoms with van der Waals surface area (Å²) >= 11 is 3.43. The summed E-state index contributed by atoms with van der Waals surface area (Å²) in [4.78, 5) is 19.2. The Balaban J connectivity index is 1.48. The highest BCUT2D eigenvalue weighted by atomic mass is 79.9. The molecule has 2 aromatic carbocycles. The monoisotopic (exact) mass is 464 g/mol. The van der Waals surface area contributed by atoms with Crippen molar-refractivity contribution in [2.45, 2.75) is 13.1 Å². The van der Waals surface area contributed by atoms with Gasteiger partial charge in [-0.05, 0) is 57.9 Å². The maximum Gasteiger partial charge on any atom is 0.235 e. The number of benzene rings is 2. The fourth-order valence-electron chi connectivity index (χ4n) is 3.50. The first-order chi connectivity index (χ1) is 14.7. The molecule has 4 aromatic rings. The van der Waals surface area contributed by atoms with Gasteiger partial charge < -0.3 is 13.9 Å². The predicted octanol–water partition coefficient (Wildman–Crippen LogP) is 5.09. The van der Waals surface area contributed by atoms with Crippen LogP contribution in [0.1, 0.15) is 11.1 Å². The van der Waals surface area contributed by atoms with Gasteiger partial charge in [0.15, 0.2) is 0 Å². The molecule has 0 N–H and O–H groups in total. The number of aromatic nitrogens is 1. The van der Waals surface area contributed by atoms with Gasteiger partial charge in [0.2, 0.25) is 11.2 Å². The van der Waals surface area contributed by atoms with E-state index in [4.69, 9.17) is 13.9 Å². The van der Waals surface area contributed by atoms with Crippen LogP contribution in [0, 0.1) is 0 Å². The second kappa shape index (κ2) is 7.93. The fraction of sp³-hybridized carbons (Fsp3) is 0.130. The van der Waals surface area contributed by atoms with Gasteiger partial charge in [0.05, 0.1) is 15.4 Å². The minimum atomic E-state index is -0.221. The molecule has 150 valence electrons. The van der Waals surface area contributed by atoms with E-state index in [-0.39, 0.29) is 11.2 Å². The molecule has 0 fully saturated rings. The average molecular weight is 465 g/mol. The summed E-state index contributed by atoms with van der Waals surface area (Å²) in [5.74, 6) is 1.42. The second-order valence-corrected chi connectivity index (χ2v) is 7.85. The quantitative estimate of drug-likeness (QED) is 0.418. The summed E-state index contributed by atoms with van der Waals surface area (Å²) in [7, 11) is 0. The minimum Gasteiger partial charge on any atom is -0.478 e. The van der Waals surface area contributed by atoms with Crippen LogP contribution >= 0.6 is 15.9 Å². The Bertz CT molecular complexity index is 1270. The molecule has 5 rings (SSSR count). The number of hydrogen-bond donors (Lipinski definition) is 0. The van der Waals surface area contributed by atoms with Gasteiger partial charge in [0.1, 0.15) is 30.1 Å². The summed E-state index contributed by atoms with van der Waals surface area (Å²) in [6.07, 6.45) is 4.91. The van der Waals surface area contributed by atoms with Crippen molar-refractivity contribution < 1.29 is 13.9 Å². The lowest BCUT2D eigenvalue weighted by Crippen LogP contribution is -2.31. The maximum absolute atomic E-state index is 13.0. The lowest BCUT2D eigenvalue weighted by molar-refractivity contribution is 0.0890. The van der Waals surface area contributed by atoms with Crippen LogP contribution in [0.5, 0.6) is 17.2 Å². The summed E-state index contributed by atoms with van der Waals surface area (Å²) in [5.41, 5.74) is 2.30. The number of rotatable bonds is 4. The Morgan fingerprint density at radius 2 is 1.90 bits per heavy atom. The van der Waals surface area contributed by atoms with E-state index in [0.29, 0.717) is 36.5 Å². The standard InChI is InChI=1S/C23H17BrN2O4/c24-18-3-1-2-4-20(18)30-21-13-28-23-16(22(21)27)5-6-19-17(23)12-26(14-29-19)11-15-7-9-25-10-8-15/h1-10,13H,11-12,14H2. The zero-order valence-corrected chi connectivity index (χ0v) is 17.5. The highest BCUT2D eigenvalue weighted by molar-refractivity contribution is 9.10. The highest BCUT2D eigenvalue weighted by Gasteiger charge is 2.23. The lowest BCUT2D eigenvalue weighted by atomic mass is 10.1. The Morgan fingerprint density at radius 3 is 2.73 bits per heavy atom. The van der Waals surface area contributed by atoms with Gasteiger partial charge in [-0.3, -0.25) is 14.7 Å². The largest absolute Gasteiger partial charge is 0.478 e. The van der Waals surface area contributed by atoms with Gasteiger partial charge in [-0.1, -0.05) is 12.1 Å². The van der Waals surface area contributed by atoms with Crippen molar-refractivity contribution in [2.24, 2.45) is 0 Å². The van der Waals surface area contributed by atoms with E-state index in [1.807, 2.05) is 36.4 Å². The van der Waals surface area contributed by atoms with E-state index in [9.17, 15) is 4.79 Å². The van der Waals surface area contributed by atoms with Crippen molar-refractivity contribution in [2.75, 3.05) is 6.73 Å². The lowest BCUT2D eigenvalue weighted by Gasteiger charge is -2.29. The van der Waals surface area contributed by atoms with Crippen LogP contribution in [0.3, 0.4) is 0 Å². The smallest absolute Gasteiger partial charge is 0.235 e. The van der Waals surface area contributed by atoms with Gasteiger partial charge in [-0.2, -0.15) is 0 Å². The summed E-state index contributed by atoms with van der Waals surface area (Å²) in [6.45, 7) is 1.79. The van der Waals surface area contributed by atoms with Crippen molar-refractivity contribution in [1.82, 2.24) is 9.88 Å². The van der Waals surface area contributed by atoms with Gasteiger partial charge in [0, 0.05) is 25.5 Å². The molecule has 30 heavy (non-hydrogen) atoms. The van der Waals surface area contributed by atoms with Crippen LogP contribution in [0.15, 0.2) is 80.9 Å². The molecule has 0 saturated carbocycles. The number of halogens is 1. The average Bonchev–Trinajstić information content (AvgIpc) is 2.77. The van der Waals surface area contributed by atoms with E-state index < -0.39 is 0 Å². The highest BCUT2D eigenvalue weighted by Crippen LogP contribution is 2.34. The summed E-state index contributed by atoms with van der Waals surface area (Å²) < 4.78 is 18.3. The second-order valence-electron chi connectivity index (χ2n) is 7.00. The van der Waals surface area contributed by atoms with Crippen LogP contribution in [-0.2, 0) is 13.1 Å². The van der Waals surface area contributed by atoms with Gasteiger partial charge in [-0.15, -0.1) is 0 Å². The molecule has 0 bridgehead atoms. The van der Waals surface area contributed by atoms with E-state index in [0.717, 1.165) is 21.3 Å². The molecule has 0 spiro atoms. The van der Waals surface area contributed by atoms with Gasteiger partial charge >= 0.3 is 0 Å². The Labute approximate surface area is 180 Å². The van der Waals surface area contributed by atoms with Crippen molar-refractivity contribution in [3.8, 4) is 17.2 Å². The van der Waals surface area contributed by atoms with Crippen LogP contribution in [0.2, 0.25) is 0 Å². The third kappa shape index (κ3) is 3.58. The molecule has 0 radical (unpaired) electrons. The Hall–Kier alpha value is -3.16. The molecule has 0 saturated heterocycles. The van der Waals surface area contributed by atoms with Crippen molar-refractivity contribution >= 4 is 26.9 Å². The van der Waals surface area contributed by atoms with E-state index in [1.54, 1.807) is 24.5 Å².